The molecule has 1 saturated heterocycles. The average Bonchev–Trinajstić information content (AvgIpc) is 2.58. The summed E-state index contributed by atoms with van der Waals surface area (Å²) in [6.45, 7) is 1.13. The lowest BCUT2D eigenvalue weighted by Crippen LogP contribution is -2.29. The molecule has 1 aliphatic heterocycles. The summed E-state index contributed by atoms with van der Waals surface area (Å²) in [7, 11) is 0. The molecule has 0 saturated carbocycles. The van der Waals surface area contributed by atoms with Gasteiger partial charge in [0, 0.05) is 41.2 Å². The molecule has 11 heavy (non-hydrogen) atoms. The van der Waals surface area contributed by atoms with E-state index < -0.39 is 0 Å². The lowest BCUT2D eigenvalue weighted by atomic mass is 10.2. The first-order chi connectivity index (χ1) is 5.47. The van der Waals surface area contributed by atoms with Gasteiger partial charge in [0.15, 0.2) is 0 Å². The Hall–Kier alpha value is -0.0600. The summed E-state index contributed by atoms with van der Waals surface area (Å²) in [6.07, 6.45) is 1.97. The molecule has 60 valence electrons. The zero-order valence-corrected chi connectivity index (χ0v) is 7.75. The molecule has 0 amide bonds. The van der Waals surface area contributed by atoms with Crippen molar-refractivity contribution in [1.82, 2.24) is 9.69 Å². The SMILES string of the molecule is c1nscc1C1CSCCN1. The average molecular weight is 186 g/mol. The Morgan fingerprint density at radius 2 is 2.64 bits per heavy atom. The minimum atomic E-state index is 0.549. The van der Waals surface area contributed by atoms with E-state index in [9.17, 15) is 0 Å². The van der Waals surface area contributed by atoms with Crippen molar-refractivity contribution in [2.45, 2.75) is 6.04 Å². The van der Waals surface area contributed by atoms with Gasteiger partial charge in [0.05, 0.1) is 0 Å². The molecule has 0 bridgehead atoms. The second kappa shape index (κ2) is 3.56. The molecule has 1 aromatic heterocycles. The van der Waals surface area contributed by atoms with Crippen LogP contribution in [-0.2, 0) is 0 Å². The van der Waals surface area contributed by atoms with Gasteiger partial charge in [0.2, 0.25) is 0 Å². The van der Waals surface area contributed by atoms with Crippen LogP contribution in [0.4, 0.5) is 0 Å². The molecule has 1 aliphatic rings. The summed E-state index contributed by atoms with van der Waals surface area (Å²) in [6, 6.07) is 0.549. The van der Waals surface area contributed by atoms with Crippen molar-refractivity contribution >= 4 is 23.3 Å². The minimum Gasteiger partial charge on any atom is -0.308 e. The highest BCUT2D eigenvalue weighted by molar-refractivity contribution is 7.99. The molecular weight excluding hydrogens is 176 g/mol. The molecule has 1 fully saturated rings. The summed E-state index contributed by atoms with van der Waals surface area (Å²) >= 11 is 3.55. The summed E-state index contributed by atoms with van der Waals surface area (Å²) in [5.74, 6) is 2.44. The van der Waals surface area contributed by atoms with Gasteiger partial charge in [-0.25, -0.2) is 4.37 Å². The van der Waals surface area contributed by atoms with Gasteiger partial charge in [0.25, 0.3) is 0 Å². The predicted molar refractivity (Wildman–Crippen MR) is 50.2 cm³/mol. The van der Waals surface area contributed by atoms with E-state index in [4.69, 9.17) is 0 Å². The fourth-order valence-corrected chi connectivity index (χ4v) is 2.73. The van der Waals surface area contributed by atoms with Crippen molar-refractivity contribution < 1.29 is 0 Å². The first-order valence-corrected chi connectivity index (χ1v) is 5.66. The molecule has 1 N–H and O–H groups in total. The van der Waals surface area contributed by atoms with Gasteiger partial charge < -0.3 is 5.32 Å². The van der Waals surface area contributed by atoms with Gasteiger partial charge in [-0.3, -0.25) is 0 Å². The van der Waals surface area contributed by atoms with Gasteiger partial charge in [-0.15, -0.1) is 0 Å². The Bertz CT molecular complexity index is 204. The van der Waals surface area contributed by atoms with Crippen LogP contribution in [0.1, 0.15) is 11.6 Å². The molecule has 0 aromatic carbocycles. The smallest absolute Gasteiger partial charge is 0.0455 e. The van der Waals surface area contributed by atoms with Crippen molar-refractivity contribution in [3.63, 3.8) is 0 Å². The van der Waals surface area contributed by atoms with E-state index in [1.54, 1.807) is 0 Å². The van der Waals surface area contributed by atoms with E-state index in [0.717, 1.165) is 6.54 Å². The third-order valence-corrected chi connectivity index (χ3v) is 3.44. The second-order valence-corrected chi connectivity index (χ2v) is 4.35. The number of nitrogens with one attached hydrogen (secondary N) is 1. The van der Waals surface area contributed by atoms with Gasteiger partial charge >= 0.3 is 0 Å². The topological polar surface area (TPSA) is 24.9 Å². The number of nitrogens with zero attached hydrogens (tertiary/aromatic N) is 1. The highest BCUT2D eigenvalue weighted by atomic mass is 32.2. The first kappa shape index (κ1) is 7.58. The second-order valence-electron chi connectivity index (χ2n) is 2.54. The van der Waals surface area contributed by atoms with E-state index >= 15 is 0 Å². The summed E-state index contributed by atoms with van der Waals surface area (Å²) in [4.78, 5) is 0. The number of hydrogen-bond acceptors (Lipinski definition) is 4. The summed E-state index contributed by atoms with van der Waals surface area (Å²) < 4.78 is 4.09. The van der Waals surface area contributed by atoms with E-state index in [1.165, 1.54) is 28.6 Å². The third-order valence-electron chi connectivity index (χ3n) is 1.78. The van der Waals surface area contributed by atoms with Gasteiger partial charge in [-0.2, -0.15) is 11.8 Å². The van der Waals surface area contributed by atoms with Crippen LogP contribution in [0.3, 0.4) is 0 Å². The number of rotatable bonds is 1. The van der Waals surface area contributed by atoms with Crippen LogP contribution in [0.2, 0.25) is 0 Å². The van der Waals surface area contributed by atoms with Crippen LogP contribution in [0.5, 0.6) is 0 Å². The lowest BCUT2D eigenvalue weighted by molar-refractivity contribution is 0.596. The van der Waals surface area contributed by atoms with Crippen LogP contribution in [0.25, 0.3) is 0 Å². The number of hydrogen-bond donors (Lipinski definition) is 1. The molecule has 1 unspecified atom stereocenters. The maximum Gasteiger partial charge on any atom is 0.0455 e. The molecule has 0 spiro atoms. The molecule has 2 rings (SSSR count). The van der Waals surface area contributed by atoms with Crippen molar-refractivity contribution in [1.29, 1.82) is 0 Å². The van der Waals surface area contributed by atoms with Crippen LogP contribution in [0.15, 0.2) is 11.6 Å². The molecular formula is C7H10N2S2. The lowest BCUT2D eigenvalue weighted by Gasteiger charge is -2.21. The van der Waals surface area contributed by atoms with E-state index in [1.807, 2.05) is 18.0 Å². The van der Waals surface area contributed by atoms with Crippen molar-refractivity contribution in [3.8, 4) is 0 Å². The third kappa shape index (κ3) is 1.75. The van der Waals surface area contributed by atoms with Gasteiger partial charge in [0.1, 0.15) is 0 Å². The Kier molecular flexibility index (Phi) is 2.45. The summed E-state index contributed by atoms with van der Waals surface area (Å²) in [5.41, 5.74) is 1.35. The van der Waals surface area contributed by atoms with Crippen LogP contribution in [-0.4, -0.2) is 22.4 Å². The van der Waals surface area contributed by atoms with Gasteiger partial charge in [-0.05, 0) is 11.5 Å². The highest BCUT2D eigenvalue weighted by Crippen LogP contribution is 2.21. The Balaban J connectivity index is 2.04. The quantitative estimate of drug-likeness (QED) is 0.720. The van der Waals surface area contributed by atoms with Crippen molar-refractivity contribution in [3.05, 3.63) is 17.1 Å². The maximum absolute atomic E-state index is 4.09. The molecule has 1 aromatic rings. The Morgan fingerprint density at radius 3 is 3.27 bits per heavy atom. The largest absolute Gasteiger partial charge is 0.308 e. The van der Waals surface area contributed by atoms with Crippen molar-refractivity contribution in [2.75, 3.05) is 18.1 Å². The van der Waals surface area contributed by atoms with Crippen LogP contribution >= 0.6 is 23.3 Å². The van der Waals surface area contributed by atoms with Gasteiger partial charge in [-0.1, -0.05) is 0 Å². The standard InChI is InChI=1S/C7H10N2S2/c1-2-10-5-7(8-1)6-3-9-11-4-6/h3-4,7-8H,1-2,5H2. The zero-order valence-electron chi connectivity index (χ0n) is 6.12. The molecule has 0 radical (unpaired) electrons. The highest BCUT2D eigenvalue weighted by Gasteiger charge is 2.14. The predicted octanol–water partition coefficient (Wildman–Crippen LogP) is 1.52. The fraction of sp³-hybridized carbons (Fsp3) is 0.571. The Morgan fingerprint density at radius 1 is 1.64 bits per heavy atom. The monoisotopic (exact) mass is 186 g/mol. The van der Waals surface area contributed by atoms with E-state index in [-0.39, 0.29) is 0 Å². The first-order valence-electron chi connectivity index (χ1n) is 3.67. The molecule has 2 heterocycles. The minimum absolute atomic E-state index is 0.549. The molecule has 0 aliphatic carbocycles. The number of aromatic nitrogens is 1. The Labute approximate surface area is 74.6 Å². The molecule has 1 atom stereocenters. The van der Waals surface area contributed by atoms with Crippen molar-refractivity contribution in [2.24, 2.45) is 0 Å². The number of thioether (sulfide) groups is 1. The summed E-state index contributed by atoms with van der Waals surface area (Å²) in [5, 5.41) is 5.60. The molecule has 4 heteroatoms. The fourth-order valence-electron chi connectivity index (χ4n) is 1.16. The van der Waals surface area contributed by atoms with E-state index in [2.05, 4.69) is 15.1 Å². The zero-order chi connectivity index (χ0) is 7.52. The van der Waals surface area contributed by atoms with E-state index in [0.29, 0.717) is 6.04 Å². The molecule has 2 nitrogen and oxygen atoms in total. The van der Waals surface area contributed by atoms with Crippen LogP contribution in [0, 0.1) is 0 Å². The van der Waals surface area contributed by atoms with Crippen LogP contribution < -0.4 is 5.32 Å². The normalized spacial score (nSPS) is 25.3. The maximum atomic E-state index is 4.09.